The molecule has 5 nitrogen and oxygen atoms in total. The van der Waals surface area contributed by atoms with Gasteiger partial charge in [-0.2, -0.15) is 0 Å². The fraction of sp³-hybridized carbons (Fsp3) is 0.850. The van der Waals surface area contributed by atoms with Gasteiger partial charge < -0.3 is 19.9 Å². The molecule has 5 heteroatoms. The number of unbranched alkanes of at least 4 members (excludes halogenated alkanes) is 7. The molecule has 1 heterocycles. The van der Waals surface area contributed by atoms with Crippen LogP contribution in [0.1, 0.15) is 65.2 Å². The monoisotopic (exact) mass is 355 g/mol. The zero-order chi connectivity index (χ0) is 18.5. The van der Waals surface area contributed by atoms with E-state index >= 15 is 0 Å². The number of carbonyl (C=O) groups is 1. The van der Waals surface area contributed by atoms with Crippen molar-refractivity contribution in [2.75, 3.05) is 20.3 Å². The van der Waals surface area contributed by atoms with Crippen molar-refractivity contribution >= 4 is 5.97 Å². The van der Waals surface area contributed by atoms with Crippen LogP contribution in [0, 0.1) is 5.92 Å². The number of methoxy groups -OCH3 is 1. The first kappa shape index (κ1) is 22.1. The number of ether oxygens (including phenoxy) is 3. The van der Waals surface area contributed by atoms with Crippen LogP contribution in [0.25, 0.3) is 0 Å². The van der Waals surface area contributed by atoms with E-state index in [2.05, 4.69) is 13.0 Å². The summed E-state index contributed by atoms with van der Waals surface area (Å²) in [6.45, 7) is 4.75. The predicted octanol–water partition coefficient (Wildman–Crippen LogP) is 3.60. The third kappa shape index (κ3) is 8.34. The lowest BCUT2D eigenvalue weighted by atomic mass is 9.93. The highest BCUT2D eigenvalue weighted by atomic mass is 16.6. The van der Waals surface area contributed by atoms with E-state index < -0.39 is 12.1 Å². The summed E-state index contributed by atoms with van der Waals surface area (Å²) >= 11 is 0. The summed E-state index contributed by atoms with van der Waals surface area (Å²) < 4.78 is 16.9. The van der Waals surface area contributed by atoms with Gasteiger partial charge in [0.15, 0.2) is 6.10 Å². The maximum Gasteiger partial charge on any atom is 0.320 e. The van der Waals surface area contributed by atoms with Crippen LogP contribution in [0.3, 0.4) is 0 Å². The van der Waals surface area contributed by atoms with Gasteiger partial charge in [0, 0.05) is 13.0 Å². The molecule has 0 unspecified atom stereocenters. The van der Waals surface area contributed by atoms with Crippen molar-refractivity contribution in [2.45, 2.75) is 83.5 Å². The molecule has 25 heavy (non-hydrogen) atoms. The molecule has 1 fully saturated rings. The quantitative estimate of drug-likeness (QED) is 0.329. The predicted molar refractivity (Wildman–Crippen MR) is 100 cm³/mol. The molecule has 0 aromatic rings. The van der Waals surface area contributed by atoms with Gasteiger partial charge in [-0.25, -0.2) is 0 Å². The normalized spacial score (nSPS) is 26.9. The van der Waals surface area contributed by atoms with E-state index in [9.17, 15) is 4.79 Å². The Hall–Kier alpha value is -0.910. The number of esters is 1. The third-order valence-corrected chi connectivity index (χ3v) is 4.77. The van der Waals surface area contributed by atoms with Crippen LogP contribution in [-0.2, 0) is 19.0 Å². The fourth-order valence-electron chi connectivity index (χ4n) is 3.28. The van der Waals surface area contributed by atoms with Gasteiger partial charge in [0.2, 0.25) is 0 Å². The van der Waals surface area contributed by atoms with Crippen LogP contribution in [0.15, 0.2) is 12.2 Å². The molecule has 146 valence electrons. The van der Waals surface area contributed by atoms with Crippen LogP contribution in [0.2, 0.25) is 0 Å². The summed E-state index contributed by atoms with van der Waals surface area (Å²) in [4.78, 5) is 11.6. The summed E-state index contributed by atoms with van der Waals surface area (Å²) in [5.41, 5.74) is 5.38. The van der Waals surface area contributed by atoms with Gasteiger partial charge in [-0.05, 0) is 12.8 Å². The zero-order valence-corrected chi connectivity index (χ0v) is 16.2. The molecule has 0 amide bonds. The molecule has 0 radical (unpaired) electrons. The van der Waals surface area contributed by atoms with Crippen molar-refractivity contribution in [1.29, 1.82) is 0 Å². The topological polar surface area (TPSA) is 70.8 Å². The lowest BCUT2D eigenvalue weighted by Crippen LogP contribution is -2.52. The van der Waals surface area contributed by atoms with Gasteiger partial charge in [-0.15, -0.1) is 0 Å². The third-order valence-electron chi connectivity index (χ3n) is 4.77. The van der Waals surface area contributed by atoms with Gasteiger partial charge >= 0.3 is 5.97 Å². The molecule has 0 saturated carbocycles. The molecule has 0 aromatic heterocycles. The minimum atomic E-state index is -0.435. The highest BCUT2D eigenvalue weighted by molar-refractivity contribution is 5.71. The Kier molecular flexibility index (Phi) is 11.8. The largest absolute Gasteiger partial charge is 0.455 e. The minimum absolute atomic E-state index is 0.129. The van der Waals surface area contributed by atoms with Crippen LogP contribution in [0.5, 0.6) is 0 Å². The van der Waals surface area contributed by atoms with Crippen LogP contribution in [-0.4, -0.2) is 44.5 Å². The van der Waals surface area contributed by atoms with Crippen molar-refractivity contribution in [1.82, 2.24) is 0 Å². The van der Waals surface area contributed by atoms with Crippen molar-refractivity contribution in [2.24, 2.45) is 11.7 Å². The second-order valence-corrected chi connectivity index (χ2v) is 6.97. The molecule has 4 atom stereocenters. The summed E-state index contributed by atoms with van der Waals surface area (Å²) in [6, 6.07) is 0. The van der Waals surface area contributed by atoms with Gasteiger partial charge in [-0.3, -0.25) is 4.79 Å². The van der Waals surface area contributed by atoms with Crippen molar-refractivity contribution in [3.8, 4) is 0 Å². The van der Waals surface area contributed by atoms with Crippen molar-refractivity contribution < 1.29 is 19.0 Å². The Balaban J connectivity index is 2.40. The number of nitrogens with two attached hydrogens (primary N) is 1. The summed E-state index contributed by atoms with van der Waals surface area (Å²) in [7, 11) is 1.65. The second-order valence-electron chi connectivity index (χ2n) is 6.97. The van der Waals surface area contributed by atoms with E-state index in [-0.39, 0.29) is 24.7 Å². The minimum Gasteiger partial charge on any atom is -0.455 e. The number of hydrogen-bond acceptors (Lipinski definition) is 5. The first-order chi connectivity index (χ1) is 12.1. The molecule has 1 rings (SSSR count). The van der Waals surface area contributed by atoms with Crippen molar-refractivity contribution in [3.63, 3.8) is 0 Å². The molecular weight excluding hydrogens is 318 g/mol. The molecule has 0 aromatic carbocycles. The Morgan fingerprint density at radius 1 is 1.16 bits per heavy atom. The lowest BCUT2D eigenvalue weighted by Gasteiger charge is -2.39. The standard InChI is InChI=1S/C20H37NO4/c1-4-5-6-7-8-9-10-11-12-13-17-20(25-18(22)14-21)19(23-3)16(2)15-24-17/h12-13,16-17,19-20H,4-11,14-15,21H2,1-3H3/b13-12+/t16-,17-,19-,20-/m0/s1. The zero-order valence-electron chi connectivity index (χ0n) is 16.2. The van der Waals surface area contributed by atoms with Crippen LogP contribution < -0.4 is 5.73 Å². The number of allylic oxidation sites excluding steroid dienone is 1. The molecule has 0 spiro atoms. The van der Waals surface area contributed by atoms with E-state index in [1.807, 2.05) is 13.0 Å². The average molecular weight is 356 g/mol. The fourth-order valence-corrected chi connectivity index (χ4v) is 3.28. The Bertz CT molecular complexity index is 386. The Morgan fingerprint density at radius 3 is 2.48 bits per heavy atom. The van der Waals surface area contributed by atoms with Crippen molar-refractivity contribution in [3.05, 3.63) is 12.2 Å². The number of hydrogen-bond donors (Lipinski definition) is 1. The van der Waals surface area contributed by atoms with E-state index in [0.29, 0.717) is 6.61 Å². The highest BCUT2D eigenvalue weighted by Gasteiger charge is 2.40. The molecule has 0 aliphatic carbocycles. The van der Waals surface area contributed by atoms with Gasteiger partial charge in [0.25, 0.3) is 0 Å². The summed E-state index contributed by atoms with van der Waals surface area (Å²) in [5.74, 6) is -0.247. The summed E-state index contributed by atoms with van der Waals surface area (Å²) in [6.07, 6.45) is 13.4. The molecule has 1 aliphatic heterocycles. The summed E-state index contributed by atoms with van der Waals surface area (Å²) in [5, 5.41) is 0. The maximum absolute atomic E-state index is 11.6. The van der Waals surface area contributed by atoms with Gasteiger partial charge in [0.05, 0.1) is 13.2 Å². The van der Waals surface area contributed by atoms with Gasteiger partial charge in [0.1, 0.15) is 12.2 Å². The first-order valence-electron chi connectivity index (χ1n) is 9.84. The smallest absolute Gasteiger partial charge is 0.320 e. The van der Waals surface area contributed by atoms with Crippen LogP contribution in [0.4, 0.5) is 0 Å². The number of rotatable bonds is 12. The molecule has 1 aliphatic rings. The molecule has 1 saturated heterocycles. The molecule has 2 N–H and O–H groups in total. The van der Waals surface area contributed by atoms with E-state index in [1.54, 1.807) is 7.11 Å². The lowest BCUT2D eigenvalue weighted by molar-refractivity contribution is -0.189. The number of carbonyl (C=O) groups excluding carboxylic acids is 1. The van der Waals surface area contributed by atoms with E-state index in [4.69, 9.17) is 19.9 Å². The molecule has 0 bridgehead atoms. The second kappa shape index (κ2) is 13.3. The van der Waals surface area contributed by atoms with E-state index in [0.717, 1.165) is 6.42 Å². The Morgan fingerprint density at radius 2 is 1.84 bits per heavy atom. The first-order valence-corrected chi connectivity index (χ1v) is 9.84. The van der Waals surface area contributed by atoms with Gasteiger partial charge in [-0.1, -0.05) is 64.5 Å². The van der Waals surface area contributed by atoms with E-state index in [1.165, 1.54) is 44.9 Å². The SMILES string of the molecule is CCCCCCCCC/C=C/[C@@H]1OC[C@H](C)[C@H](OC)[C@H]1OC(=O)CN. The maximum atomic E-state index is 11.6. The highest BCUT2D eigenvalue weighted by Crippen LogP contribution is 2.26. The molecular formula is C20H37NO4. The van der Waals surface area contributed by atoms with Crippen LogP contribution >= 0.6 is 0 Å². The Labute approximate surface area is 153 Å². The average Bonchev–Trinajstić information content (AvgIpc) is 2.62.